The van der Waals surface area contributed by atoms with Gasteiger partial charge in [-0.1, -0.05) is 24.3 Å². The summed E-state index contributed by atoms with van der Waals surface area (Å²) in [5, 5.41) is 10.4. The highest BCUT2D eigenvalue weighted by Gasteiger charge is 2.02. The van der Waals surface area contributed by atoms with E-state index in [1.807, 2.05) is 0 Å². The second-order valence-corrected chi connectivity index (χ2v) is 2.71. The molecule has 1 aromatic carbocycles. The summed E-state index contributed by atoms with van der Waals surface area (Å²) < 4.78 is 4.82. The summed E-state index contributed by atoms with van der Waals surface area (Å²) in [5.74, 6) is 0. The molecule has 0 aliphatic rings. The molecule has 0 saturated heterocycles. The van der Waals surface area contributed by atoms with E-state index in [1.54, 1.807) is 31.4 Å². The molecule has 0 aliphatic carbocycles. The normalized spacial score (nSPS) is 10.6. The van der Waals surface area contributed by atoms with Gasteiger partial charge >= 0.3 is 0 Å². The fraction of sp³-hybridized carbons (Fsp3) is 0.200. The highest BCUT2D eigenvalue weighted by Crippen LogP contribution is 2.13. The summed E-state index contributed by atoms with van der Waals surface area (Å²) in [7, 11) is 1.60. The molecule has 1 rings (SSSR count). The van der Waals surface area contributed by atoms with Crippen molar-refractivity contribution < 1.29 is 9.66 Å². The lowest BCUT2D eigenvalue weighted by molar-refractivity contribution is -0.384. The monoisotopic (exact) mass is 193 g/mol. The van der Waals surface area contributed by atoms with Crippen LogP contribution < -0.4 is 0 Å². The molecular formula is C10H11NO3. The first-order valence-corrected chi connectivity index (χ1v) is 4.14. The van der Waals surface area contributed by atoms with Crippen LogP contribution in [0.1, 0.15) is 5.56 Å². The lowest BCUT2D eigenvalue weighted by atomic mass is 10.2. The summed E-state index contributed by atoms with van der Waals surface area (Å²) in [6.07, 6.45) is 3.59. The van der Waals surface area contributed by atoms with Crippen molar-refractivity contribution in [2.45, 2.75) is 0 Å². The van der Waals surface area contributed by atoms with E-state index in [0.717, 1.165) is 5.56 Å². The van der Waals surface area contributed by atoms with Crippen LogP contribution in [0.5, 0.6) is 0 Å². The Bertz CT molecular complexity index is 347. The molecule has 0 amide bonds. The van der Waals surface area contributed by atoms with Crippen LogP contribution in [0.3, 0.4) is 0 Å². The van der Waals surface area contributed by atoms with Gasteiger partial charge in [-0.2, -0.15) is 0 Å². The van der Waals surface area contributed by atoms with E-state index in [2.05, 4.69) is 0 Å². The smallest absolute Gasteiger partial charge is 0.270 e. The van der Waals surface area contributed by atoms with Gasteiger partial charge in [0, 0.05) is 19.2 Å². The number of hydrogen-bond acceptors (Lipinski definition) is 3. The zero-order chi connectivity index (χ0) is 10.4. The Kier molecular flexibility index (Phi) is 3.82. The van der Waals surface area contributed by atoms with Gasteiger partial charge in [0.05, 0.1) is 11.5 Å². The van der Waals surface area contributed by atoms with Gasteiger partial charge in [-0.25, -0.2) is 0 Å². The van der Waals surface area contributed by atoms with E-state index in [-0.39, 0.29) is 5.69 Å². The summed E-state index contributed by atoms with van der Waals surface area (Å²) in [4.78, 5) is 10.0. The standard InChI is InChI=1S/C10H11NO3/c1-14-7-3-5-9-4-2-6-10(8-9)11(12)13/h2-6,8H,7H2,1H3/b5-3+. The van der Waals surface area contributed by atoms with Gasteiger partial charge in [0.1, 0.15) is 0 Å². The van der Waals surface area contributed by atoms with Crippen LogP contribution in [0.2, 0.25) is 0 Å². The molecule has 0 bridgehead atoms. The summed E-state index contributed by atoms with van der Waals surface area (Å²) in [6.45, 7) is 0.503. The second-order valence-electron chi connectivity index (χ2n) is 2.71. The topological polar surface area (TPSA) is 52.4 Å². The van der Waals surface area contributed by atoms with Crippen LogP contribution in [0, 0.1) is 10.1 Å². The van der Waals surface area contributed by atoms with Crippen LogP contribution in [0.4, 0.5) is 5.69 Å². The first-order chi connectivity index (χ1) is 6.74. The Morgan fingerprint density at radius 2 is 2.36 bits per heavy atom. The molecule has 14 heavy (non-hydrogen) atoms. The molecular weight excluding hydrogens is 182 g/mol. The maximum atomic E-state index is 10.4. The molecule has 0 spiro atoms. The zero-order valence-electron chi connectivity index (χ0n) is 7.84. The summed E-state index contributed by atoms with van der Waals surface area (Å²) >= 11 is 0. The van der Waals surface area contributed by atoms with Crippen molar-refractivity contribution in [3.8, 4) is 0 Å². The molecule has 74 valence electrons. The Labute approximate surface area is 82.0 Å². The largest absolute Gasteiger partial charge is 0.381 e. The minimum atomic E-state index is -0.409. The number of nitrogens with zero attached hydrogens (tertiary/aromatic N) is 1. The fourth-order valence-electron chi connectivity index (χ4n) is 1.02. The fourth-order valence-corrected chi connectivity index (χ4v) is 1.02. The predicted octanol–water partition coefficient (Wildman–Crippen LogP) is 2.25. The van der Waals surface area contributed by atoms with E-state index < -0.39 is 4.92 Å². The number of ether oxygens (including phenoxy) is 1. The number of hydrogen-bond donors (Lipinski definition) is 0. The molecule has 0 fully saturated rings. The SMILES string of the molecule is COC/C=C/c1cccc([N+](=O)[O-])c1. The van der Waals surface area contributed by atoms with Gasteiger partial charge in [-0.3, -0.25) is 10.1 Å². The third-order valence-corrected chi connectivity index (χ3v) is 1.65. The van der Waals surface area contributed by atoms with Crippen LogP contribution >= 0.6 is 0 Å². The molecule has 4 nitrogen and oxygen atoms in total. The molecule has 0 aliphatic heterocycles. The van der Waals surface area contributed by atoms with Crippen molar-refractivity contribution in [1.29, 1.82) is 0 Å². The van der Waals surface area contributed by atoms with E-state index in [9.17, 15) is 10.1 Å². The number of benzene rings is 1. The minimum absolute atomic E-state index is 0.101. The highest BCUT2D eigenvalue weighted by atomic mass is 16.6. The van der Waals surface area contributed by atoms with Crippen molar-refractivity contribution in [2.75, 3.05) is 13.7 Å². The predicted molar refractivity (Wildman–Crippen MR) is 54.0 cm³/mol. The Hall–Kier alpha value is -1.68. The first kappa shape index (κ1) is 10.4. The minimum Gasteiger partial charge on any atom is -0.381 e. The Morgan fingerprint density at radius 3 is 3.00 bits per heavy atom. The van der Waals surface area contributed by atoms with Crippen molar-refractivity contribution in [3.05, 3.63) is 46.0 Å². The Morgan fingerprint density at radius 1 is 1.57 bits per heavy atom. The van der Waals surface area contributed by atoms with E-state index >= 15 is 0 Å². The van der Waals surface area contributed by atoms with Gasteiger partial charge in [-0.15, -0.1) is 0 Å². The molecule has 1 aromatic rings. The second kappa shape index (κ2) is 5.14. The lowest BCUT2D eigenvalue weighted by Gasteiger charge is -1.94. The average molecular weight is 193 g/mol. The van der Waals surface area contributed by atoms with Gasteiger partial charge in [0.15, 0.2) is 0 Å². The molecule has 0 N–H and O–H groups in total. The van der Waals surface area contributed by atoms with Crippen LogP contribution in [-0.2, 0) is 4.74 Å². The quantitative estimate of drug-likeness (QED) is 0.544. The average Bonchev–Trinajstić information content (AvgIpc) is 2.19. The molecule has 0 atom stereocenters. The van der Waals surface area contributed by atoms with Crippen molar-refractivity contribution in [2.24, 2.45) is 0 Å². The van der Waals surface area contributed by atoms with Crippen molar-refractivity contribution >= 4 is 11.8 Å². The lowest BCUT2D eigenvalue weighted by Crippen LogP contribution is -1.87. The third-order valence-electron chi connectivity index (χ3n) is 1.65. The maximum Gasteiger partial charge on any atom is 0.270 e. The van der Waals surface area contributed by atoms with Gasteiger partial charge in [0.2, 0.25) is 0 Å². The molecule has 0 unspecified atom stereocenters. The number of non-ortho nitro benzene ring substituents is 1. The molecule has 4 heteroatoms. The van der Waals surface area contributed by atoms with E-state index in [0.29, 0.717) is 6.61 Å². The number of rotatable bonds is 4. The van der Waals surface area contributed by atoms with Crippen molar-refractivity contribution in [1.82, 2.24) is 0 Å². The number of nitro groups is 1. The Balaban J connectivity index is 2.78. The third kappa shape index (κ3) is 2.99. The van der Waals surface area contributed by atoms with Crippen LogP contribution in [0.15, 0.2) is 30.3 Å². The van der Waals surface area contributed by atoms with Gasteiger partial charge < -0.3 is 4.74 Å². The maximum absolute atomic E-state index is 10.4. The number of methoxy groups -OCH3 is 1. The summed E-state index contributed by atoms with van der Waals surface area (Å²) in [5.41, 5.74) is 0.904. The molecule has 0 radical (unpaired) electrons. The first-order valence-electron chi connectivity index (χ1n) is 4.14. The highest BCUT2D eigenvalue weighted by molar-refractivity contribution is 5.53. The van der Waals surface area contributed by atoms with E-state index in [1.165, 1.54) is 12.1 Å². The van der Waals surface area contributed by atoms with Gasteiger partial charge in [-0.05, 0) is 5.56 Å². The molecule has 0 heterocycles. The molecule has 0 saturated carbocycles. The van der Waals surface area contributed by atoms with Crippen LogP contribution in [0.25, 0.3) is 6.08 Å². The van der Waals surface area contributed by atoms with E-state index in [4.69, 9.17) is 4.74 Å². The van der Waals surface area contributed by atoms with Gasteiger partial charge in [0.25, 0.3) is 5.69 Å². The van der Waals surface area contributed by atoms with Crippen molar-refractivity contribution in [3.63, 3.8) is 0 Å². The zero-order valence-corrected chi connectivity index (χ0v) is 7.84. The molecule has 0 aromatic heterocycles. The van der Waals surface area contributed by atoms with Crippen LogP contribution in [-0.4, -0.2) is 18.6 Å². The summed E-state index contributed by atoms with van der Waals surface area (Å²) in [6, 6.07) is 6.45. The number of nitro benzene ring substituents is 1.